The van der Waals surface area contributed by atoms with E-state index in [1.165, 1.54) is 12.1 Å². The molecule has 3 nitrogen and oxygen atoms in total. The molecular weight excluding hydrogens is 467 g/mol. The highest BCUT2D eigenvalue weighted by Crippen LogP contribution is 2.37. The Hall–Kier alpha value is -0.270. The van der Waals surface area contributed by atoms with Crippen molar-refractivity contribution in [3.8, 4) is 5.75 Å². The molecule has 112 valence electrons. The third kappa shape index (κ3) is 4.36. The molecule has 8 heteroatoms. The van der Waals surface area contributed by atoms with Crippen LogP contribution in [0.1, 0.15) is 5.56 Å². The lowest BCUT2D eigenvalue weighted by Crippen LogP contribution is -1.99. The van der Waals surface area contributed by atoms with Crippen LogP contribution in [0.5, 0.6) is 5.75 Å². The zero-order valence-corrected chi connectivity index (χ0v) is 15.8. The largest absolute Gasteiger partial charge is 0.486 e. The van der Waals surface area contributed by atoms with Gasteiger partial charge < -0.3 is 4.74 Å². The molecule has 0 atom stereocenters. The Morgan fingerprint density at radius 3 is 2.19 bits per heavy atom. The summed E-state index contributed by atoms with van der Waals surface area (Å²) in [6, 6.07) is 10.1. The second-order valence-electron chi connectivity index (χ2n) is 4.03. The van der Waals surface area contributed by atoms with Crippen molar-refractivity contribution >= 4 is 63.2 Å². The molecule has 2 rings (SSSR count). The summed E-state index contributed by atoms with van der Waals surface area (Å²) in [4.78, 5) is -0.0204. The highest BCUT2D eigenvalue weighted by atomic mass is 79.9. The lowest BCUT2D eigenvalue weighted by atomic mass is 10.2. The van der Waals surface area contributed by atoms with Crippen LogP contribution in [0.25, 0.3) is 0 Å². The fourth-order valence-corrected chi connectivity index (χ4v) is 4.27. The van der Waals surface area contributed by atoms with Gasteiger partial charge in [0.2, 0.25) is 0 Å². The summed E-state index contributed by atoms with van der Waals surface area (Å²) in [7, 11) is 1.52. The molecular formula is C13H8Br2Cl2O3S. The van der Waals surface area contributed by atoms with Crippen LogP contribution < -0.4 is 4.74 Å². The van der Waals surface area contributed by atoms with Crippen LogP contribution in [0.3, 0.4) is 0 Å². The van der Waals surface area contributed by atoms with Crippen LogP contribution in [0.15, 0.2) is 50.2 Å². The van der Waals surface area contributed by atoms with Gasteiger partial charge in [0.25, 0.3) is 9.05 Å². The molecule has 0 aromatic heterocycles. The molecule has 0 radical (unpaired) electrons. The lowest BCUT2D eigenvalue weighted by molar-refractivity contribution is 0.302. The van der Waals surface area contributed by atoms with Gasteiger partial charge in [0.05, 0.1) is 13.8 Å². The van der Waals surface area contributed by atoms with Crippen LogP contribution >= 0.6 is 54.1 Å². The number of ether oxygens (including phenoxy) is 1. The van der Waals surface area contributed by atoms with Gasteiger partial charge in [-0.25, -0.2) is 8.42 Å². The molecule has 0 saturated heterocycles. The van der Waals surface area contributed by atoms with Crippen molar-refractivity contribution in [3.05, 3.63) is 55.9 Å². The van der Waals surface area contributed by atoms with E-state index < -0.39 is 9.05 Å². The van der Waals surface area contributed by atoms with E-state index in [2.05, 4.69) is 31.9 Å². The monoisotopic (exact) mass is 472 g/mol. The predicted octanol–water partition coefficient (Wildman–Crippen LogP) is 5.37. The summed E-state index contributed by atoms with van der Waals surface area (Å²) >= 11 is 12.6. The van der Waals surface area contributed by atoms with Gasteiger partial charge in [-0.3, -0.25) is 0 Å². The molecule has 21 heavy (non-hydrogen) atoms. The van der Waals surface area contributed by atoms with Crippen LogP contribution in [0.2, 0.25) is 5.02 Å². The maximum Gasteiger partial charge on any atom is 0.261 e. The Kier molecular flexibility index (Phi) is 5.59. The summed E-state index contributed by atoms with van der Waals surface area (Å²) in [6.07, 6.45) is 0. The molecule has 0 aliphatic heterocycles. The summed E-state index contributed by atoms with van der Waals surface area (Å²) in [6.45, 7) is 0.254. The first-order chi connectivity index (χ1) is 9.79. The van der Waals surface area contributed by atoms with Gasteiger partial charge in [0.15, 0.2) is 0 Å². The van der Waals surface area contributed by atoms with Crippen molar-refractivity contribution in [1.82, 2.24) is 0 Å². The van der Waals surface area contributed by atoms with Crippen LogP contribution in [0.4, 0.5) is 0 Å². The van der Waals surface area contributed by atoms with Crippen molar-refractivity contribution in [2.75, 3.05) is 0 Å². The maximum atomic E-state index is 11.3. The molecule has 2 aromatic rings. The Morgan fingerprint density at radius 2 is 1.67 bits per heavy atom. The van der Waals surface area contributed by atoms with E-state index in [1.54, 1.807) is 6.07 Å². The van der Waals surface area contributed by atoms with Crippen LogP contribution in [-0.4, -0.2) is 8.42 Å². The van der Waals surface area contributed by atoms with Gasteiger partial charge in [-0.05, 0) is 50.1 Å². The van der Waals surface area contributed by atoms with Gasteiger partial charge in [-0.2, -0.15) is 0 Å². The van der Waals surface area contributed by atoms with E-state index in [-0.39, 0.29) is 11.5 Å². The third-order valence-corrected chi connectivity index (χ3v) is 5.46. The zero-order valence-electron chi connectivity index (χ0n) is 10.3. The molecule has 0 heterocycles. The van der Waals surface area contributed by atoms with Gasteiger partial charge in [0, 0.05) is 21.3 Å². The number of benzene rings is 2. The summed E-state index contributed by atoms with van der Waals surface area (Å²) in [5.41, 5.74) is 0.826. The standard InChI is InChI=1S/C13H8Br2Cl2O3S/c14-10-5-9(21(17,18)19)6-11(15)13(10)20-7-8-3-1-2-4-12(8)16/h1-6H,7H2. The molecule has 0 aliphatic rings. The molecule has 0 spiro atoms. The van der Waals surface area contributed by atoms with E-state index in [0.717, 1.165) is 5.56 Å². The number of hydrogen-bond donors (Lipinski definition) is 0. The summed E-state index contributed by atoms with van der Waals surface area (Å²) in [5, 5.41) is 0.602. The van der Waals surface area contributed by atoms with Crippen molar-refractivity contribution in [1.29, 1.82) is 0 Å². The Balaban J connectivity index is 2.28. The Bertz CT molecular complexity index is 756. The average molecular weight is 475 g/mol. The van der Waals surface area contributed by atoms with Gasteiger partial charge in [-0.1, -0.05) is 29.8 Å². The third-order valence-electron chi connectivity index (χ3n) is 2.58. The first-order valence-electron chi connectivity index (χ1n) is 5.59. The van der Waals surface area contributed by atoms with E-state index in [1.807, 2.05) is 18.2 Å². The molecule has 0 bridgehead atoms. The second kappa shape index (κ2) is 6.87. The average Bonchev–Trinajstić information content (AvgIpc) is 2.38. The first-order valence-corrected chi connectivity index (χ1v) is 9.86. The molecule has 0 aliphatic carbocycles. The number of halogens is 4. The Labute approximate surface area is 148 Å². The van der Waals surface area contributed by atoms with Crippen LogP contribution in [0, 0.1) is 0 Å². The topological polar surface area (TPSA) is 43.4 Å². The first kappa shape index (κ1) is 17.1. The number of rotatable bonds is 4. The fraction of sp³-hybridized carbons (Fsp3) is 0.0769. The predicted molar refractivity (Wildman–Crippen MR) is 90.7 cm³/mol. The van der Waals surface area contributed by atoms with Crippen molar-refractivity contribution in [2.45, 2.75) is 11.5 Å². The minimum atomic E-state index is -3.80. The van der Waals surface area contributed by atoms with E-state index >= 15 is 0 Å². The Morgan fingerprint density at radius 1 is 1.10 bits per heavy atom. The highest BCUT2D eigenvalue weighted by molar-refractivity contribution is 9.11. The van der Waals surface area contributed by atoms with E-state index in [4.69, 9.17) is 27.0 Å². The number of hydrogen-bond acceptors (Lipinski definition) is 3. The van der Waals surface area contributed by atoms with E-state index in [9.17, 15) is 8.42 Å². The maximum absolute atomic E-state index is 11.3. The molecule has 0 fully saturated rings. The van der Waals surface area contributed by atoms with Crippen LogP contribution in [-0.2, 0) is 15.7 Å². The SMILES string of the molecule is O=S(=O)(Cl)c1cc(Br)c(OCc2ccccc2Cl)c(Br)c1. The van der Waals surface area contributed by atoms with Gasteiger partial charge in [0.1, 0.15) is 12.4 Å². The zero-order chi connectivity index (χ0) is 15.6. The van der Waals surface area contributed by atoms with Gasteiger partial charge >= 0.3 is 0 Å². The molecule has 2 aromatic carbocycles. The molecule has 0 saturated carbocycles. The quantitative estimate of drug-likeness (QED) is 0.559. The lowest BCUT2D eigenvalue weighted by Gasteiger charge is -2.12. The summed E-state index contributed by atoms with van der Waals surface area (Å²) in [5.74, 6) is 0.471. The second-order valence-corrected chi connectivity index (χ2v) is 8.72. The molecule has 0 N–H and O–H groups in total. The minimum Gasteiger partial charge on any atom is -0.486 e. The van der Waals surface area contributed by atoms with Crippen molar-refractivity contribution < 1.29 is 13.2 Å². The molecule has 0 amide bonds. The van der Waals surface area contributed by atoms with Crippen molar-refractivity contribution in [2.24, 2.45) is 0 Å². The smallest absolute Gasteiger partial charge is 0.261 e. The highest BCUT2D eigenvalue weighted by Gasteiger charge is 2.16. The minimum absolute atomic E-state index is 0.0204. The fourth-order valence-electron chi connectivity index (χ4n) is 1.58. The molecule has 0 unspecified atom stereocenters. The van der Waals surface area contributed by atoms with E-state index in [0.29, 0.717) is 19.7 Å². The van der Waals surface area contributed by atoms with Crippen molar-refractivity contribution in [3.63, 3.8) is 0 Å². The van der Waals surface area contributed by atoms with Gasteiger partial charge in [-0.15, -0.1) is 0 Å². The summed E-state index contributed by atoms with van der Waals surface area (Å²) < 4.78 is 29.3. The normalized spacial score (nSPS) is 11.4.